The Hall–Kier alpha value is -1.83. The van der Waals surface area contributed by atoms with E-state index in [1.807, 2.05) is 7.05 Å². The smallest absolute Gasteiger partial charge is 0.326 e. The molecule has 1 unspecified atom stereocenters. The highest BCUT2D eigenvalue weighted by Gasteiger charge is 2.26. The Morgan fingerprint density at radius 2 is 1.72 bits per heavy atom. The van der Waals surface area contributed by atoms with E-state index < -0.39 is 30.4 Å². The van der Waals surface area contributed by atoms with Crippen molar-refractivity contribution in [3.8, 4) is 0 Å². The molecule has 0 spiro atoms. The summed E-state index contributed by atoms with van der Waals surface area (Å²) in [5.74, 6) is -2.61. The fraction of sp³-hybridized carbons (Fsp3) is 0.700. The van der Waals surface area contributed by atoms with E-state index in [0.29, 0.717) is 26.2 Å². The SMILES string of the molecule is CN1CCN(C(=O)NC(CC(=O)O)C(=O)O)CC1. The molecule has 0 aromatic heterocycles. The van der Waals surface area contributed by atoms with Gasteiger partial charge < -0.3 is 25.3 Å². The molecule has 2 amide bonds. The minimum atomic E-state index is -1.39. The molecule has 1 aliphatic heterocycles. The summed E-state index contributed by atoms with van der Waals surface area (Å²) >= 11 is 0. The summed E-state index contributed by atoms with van der Waals surface area (Å²) in [6, 6.07) is -1.92. The molecule has 1 fully saturated rings. The molecule has 3 N–H and O–H groups in total. The van der Waals surface area contributed by atoms with E-state index in [2.05, 4.69) is 10.2 Å². The van der Waals surface area contributed by atoms with Crippen molar-refractivity contribution in [3.05, 3.63) is 0 Å². The molecule has 8 nitrogen and oxygen atoms in total. The lowest BCUT2D eigenvalue weighted by Gasteiger charge is -2.33. The van der Waals surface area contributed by atoms with Gasteiger partial charge in [-0.05, 0) is 7.05 Å². The maximum Gasteiger partial charge on any atom is 0.326 e. The molecule has 0 aromatic rings. The number of hydrogen-bond donors (Lipinski definition) is 3. The predicted molar refractivity (Wildman–Crippen MR) is 61.3 cm³/mol. The monoisotopic (exact) mass is 259 g/mol. The number of carbonyl (C=O) groups excluding carboxylic acids is 1. The highest BCUT2D eigenvalue weighted by atomic mass is 16.4. The van der Waals surface area contributed by atoms with E-state index in [-0.39, 0.29) is 0 Å². The minimum Gasteiger partial charge on any atom is -0.481 e. The number of piperazine rings is 1. The first-order valence-electron chi connectivity index (χ1n) is 5.58. The van der Waals surface area contributed by atoms with Crippen molar-refractivity contribution in [2.24, 2.45) is 0 Å². The number of carbonyl (C=O) groups is 3. The normalized spacial score (nSPS) is 18.2. The Morgan fingerprint density at radius 1 is 1.17 bits per heavy atom. The number of urea groups is 1. The molecule has 102 valence electrons. The van der Waals surface area contributed by atoms with Gasteiger partial charge in [0.05, 0.1) is 6.42 Å². The van der Waals surface area contributed by atoms with Crippen LogP contribution in [0.25, 0.3) is 0 Å². The van der Waals surface area contributed by atoms with E-state index in [1.54, 1.807) is 0 Å². The topological polar surface area (TPSA) is 110 Å². The van der Waals surface area contributed by atoms with Crippen molar-refractivity contribution >= 4 is 18.0 Å². The maximum absolute atomic E-state index is 11.7. The van der Waals surface area contributed by atoms with E-state index in [1.165, 1.54) is 4.90 Å². The standard InChI is InChI=1S/C10H17N3O5/c1-12-2-4-13(5-3-12)10(18)11-7(9(16)17)6-8(14)15/h7H,2-6H2,1H3,(H,11,18)(H,14,15)(H,16,17). The summed E-state index contributed by atoms with van der Waals surface area (Å²) in [5, 5.41) is 19.6. The molecule has 18 heavy (non-hydrogen) atoms. The number of aliphatic carboxylic acids is 2. The van der Waals surface area contributed by atoms with Crippen LogP contribution in [0.2, 0.25) is 0 Å². The number of hydrogen-bond acceptors (Lipinski definition) is 4. The minimum absolute atomic E-state index is 0.502. The van der Waals surface area contributed by atoms with Crippen molar-refractivity contribution < 1.29 is 24.6 Å². The van der Waals surface area contributed by atoms with Crippen LogP contribution in [0.5, 0.6) is 0 Å². The first-order chi connectivity index (χ1) is 8.40. The zero-order valence-corrected chi connectivity index (χ0v) is 10.1. The van der Waals surface area contributed by atoms with Gasteiger partial charge in [-0.25, -0.2) is 9.59 Å². The lowest BCUT2D eigenvalue weighted by atomic mass is 10.2. The summed E-state index contributed by atoms with van der Waals surface area (Å²) in [6.45, 7) is 2.43. The molecule has 1 heterocycles. The Kier molecular flexibility index (Phi) is 4.90. The van der Waals surface area contributed by atoms with Crippen LogP contribution in [0, 0.1) is 0 Å². The number of carboxylic acids is 2. The average molecular weight is 259 g/mol. The van der Waals surface area contributed by atoms with E-state index >= 15 is 0 Å². The van der Waals surface area contributed by atoms with Crippen LogP contribution in [0.3, 0.4) is 0 Å². The molecule has 0 saturated carbocycles. The fourth-order valence-corrected chi connectivity index (χ4v) is 1.62. The molecule has 0 bridgehead atoms. The number of nitrogens with zero attached hydrogens (tertiary/aromatic N) is 2. The highest BCUT2D eigenvalue weighted by molar-refractivity contribution is 5.86. The van der Waals surface area contributed by atoms with Gasteiger partial charge in [-0.2, -0.15) is 0 Å². The van der Waals surface area contributed by atoms with Crippen LogP contribution in [-0.4, -0.2) is 77.3 Å². The largest absolute Gasteiger partial charge is 0.481 e. The second-order valence-corrected chi connectivity index (χ2v) is 4.23. The number of likely N-dealkylation sites (N-methyl/N-ethyl adjacent to an activating group) is 1. The molecule has 1 saturated heterocycles. The van der Waals surface area contributed by atoms with Gasteiger partial charge in [0.25, 0.3) is 0 Å². The summed E-state index contributed by atoms with van der Waals surface area (Å²) < 4.78 is 0. The van der Waals surface area contributed by atoms with Crippen molar-refractivity contribution in [2.45, 2.75) is 12.5 Å². The summed E-state index contributed by atoms with van der Waals surface area (Å²) in [6.07, 6.45) is -0.630. The van der Waals surface area contributed by atoms with Crippen LogP contribution in [0.1, 0.15) is 6.42 Å². The molecule has 1 atom stereocenters. The molecular formula is C10H17N3O5. The fourth-order valence-electron chi connectivity index (χ4n) is 1.62. The quantitative estimate of drug-likeness (QED) is 0.589. The van der Waals surface area contributed by atoms with Gasteiger partial charge in [-0.1, -0.05) is 0 Å². The Bertz CT molecular complexity index is 338. The molecule has 8 heteroatoms. The molecule has 0 radical (unpaired) electrons. The number of amides is 2. The van der Waals surface area contributed by atoms with Gasteiger partial charge in [0.1, 0.15) is 6.04 Å². The van der Waals surface area contributed by atoms with E-state index in [4.69, 9.17) is 10.2 Å². The van der Waals surface area contributed by atoms with Crippen LogP contribution >= 0.6 is 0 Å². The van der Waals surface area contributed by atoms with Crippen molar-refractivity contribution in [1.29, 1.82) is 0 Å². The van der Waals surface area contributed by atoms with Crippen LogP contribution in [0.4, 0.5) is 4.79 Å². The van der Waals surface area contributed by atoms with Gasteiger partial charge in [-0.3, -0.25) is 4.79 Å². The summed E-state index contributed by atoms with van der Waals surface area (Å²) in [5.41, 5.74) is 0. The Balaban J connectivity index is 2.50. The lowest BCUT2D eigenvalue weighted by molar-refractivity contribution is -0.145. The predicted octanol–water partition coefficient (Wildman–Crippen LogP) is -1.13. The van der Waals surface area contributed by atoms with Crippen LogP contribution in [0.15, 0.2) is 0 Å². The first kappa shape index (κ1) is 14.2. The number of rotatable bonds is 4. The third-order valence-corrected chi connectivity index (χ3v) is 2.77. The van der Waals surface area contributed by atoms with Gasteiger partial charge in [0, 0.05) is 26.2 Å². The van der Waals surface area contributed by atoms with Gasteiger partial charge >= 0.3 is 18.0 Å². The number of carboxylic acid groups (broad SMARTS) is 2. The van der Waals surface area contributed by atoms with Crippen LogP contribution in [-0.2, 0) is 9.59 Å². The average Bonchev–Trinajstić information content (AvgIpc) is 2.28. The highest BCUT2D eigenvalue weighted by Crippen LogP contribution is 2.01. The molecule has 1 aliphatic rings. The molecule has 1 rings (SSSR count). The third-order valence-electron chi connectivity index (χ3n) is 2.77. The third kappa shape index (κ3) is 4.21. The van der Waals surface area contributed by atoms with Crippen LogP contribution < -0.4 is 5.32 Å². The van der Waals surface area contributed by atoms with E-state index in [0.717, 1.165) is 0 Å². The Labute approximate surface area is 104 Å². The van der Waals surface area contributed by atoms with Crippen molar-refractivity contribution in [2.75, 3.05) is 33.2 Å². The molecule has 0 aromatic carbocycles. The second kappa shape index (κ2) is 6.20. The van der Waals surface area contributed by atoms with E-state index in [9.17, 15) is 14.4 Å². The number of nitrogens with one attached hydrogen (secondary N) is 1. The zero-order valence-electron chi connectivity index (χ0n) is 10.1. The first-order valence-corrected chi connectivity index (χ1v) is 5.58. The Morgan fingerprint density at radius 3 is 2.17 bits per heavy atom. The van der Waals surface area contributed by atoms with Gasteiger partial charge in [0.2, 0.25) is 0 Å². The van der Waals surface area contributed by atoms with Gasteiger partial charge in [-0.15, -0.1) is 0 Å². The van der Waals surface area contributed by atoms with Crippen molar-refractivity contribution in [3.63, 3.8) is 0 Å². The van der Waals surface area contributed by atoms with Gasteiger partial charge in [0.15, 0.2) is 0 Å². The summed E-state index contributed by atoms with van der Waals surface area (Å²) in [4.78, 5) is 36.6. The molecule has 0 aliphatic carbocycles. The van der Waals surface area contributed by atoms with Crippen molar-refractivity contribution in [1.82, 2.24) is 15.1 Å². The zero-order chi connectivity index (χ0) is 13.7. The lowest BCUT2D eigenvalue weighted by Crippen LogP contribution is -2.54. The second-order valence-electron chi connectivity index (χ2n) is 4.23. The summed E-state index contributed by atoms with van der Waals surface area (Å²) in [7, 11) is 1.93. The molecular weight excluding hydrogens is 242 g/mol. The maximum atomic E-state index is 11.7.